The number of aryl methyl sites for hydroxylation is 2. The molecule has 0 spiro atoms. The lowest BCUT2D eigenvalue weighted by atomic mass is 10.1. The molecule has 0 N–H and O–H groups in total. The standard InChI is InChI=1S/C20H19N3O/c1-3-16-8-7-11-18(12-16)23(14-21)13-19-15(2)24-20(22-19)17-9-5-4-6-10-17/h4-12H,3,13H2,1-2H3. The van der Waals surface area contributed by atoms with Gasteiger partial charge in [0.2, 0.25) is 5.89 Å². The number of hydrogen-bond donors (Lipinski definition) is 0. The van der Waals surface area contributed by atoms with E-state index in [1.165, 1.54) is 5.56 Å². The van der Waals surface area contributed by atoms with Gasteiger partial charge in [0.1, 0.15) is 11.5 Å². The smallest absolute Gasteiger partial charge is 0.226 e. The van der Waals surface area contributed by atoms with Crippen molar-refractivity contribution in [3.63, 3.8) is 0 Å². The Labute approximate surface area is 142 Å². The summed E-state index contributed by atoms with van der Waals surface area (Å²) >= 11 is 0. The van der Waals surface area contributed by atoms with Gasteiger partial charge in [-0.15, -0.1) is 0 Å². The van der Waals surface area contributed by atoms with Crippen molar-refractivity contribution in [1.82, 2.24) is 4.98 Å². The number of oxazole rings is 1. The van der Waals surface area contributed by atoms with E-state index in [1.54, 1.807) is 4.90 Å². The number of rotatable bonds is 5. The Morgan fingerprint density at radius 1 is 1.12 bits per heavy atom. The van der Waals surface area contributed by atoms with Crippen LogP contribution in [0.1, 0.15) is 23.9 Å². The molecule has 0 amide bonds. The molecule has 120 valence electrons. The van der Waals surface area contributed by atoms with Crippen LogP contribution in [-0.4, -0.2) is 4.98 Å². The lowest BCUT2D eigenvalue weighted by Gasteiger charge is -2.15. The Hall–Kier alpha value is -3.06. The molecular formula is C20H19N3O. The second-order valence-corrected chi connectivity index (χ2v) is 5.60. The van der Waals surface area contributed by atoms with Gasteiger partial charge in [-0.2, -0.15) is 5.26 Å². The van der Waals surface area contributed by atoms with E-state index in [0.717, 1.165) is 29.1 Å². The van der Waals surface area contributed by atoms with Gasteiger partial charge < -0.3 is 4.42 Å². The SMILES string of the molecule is CCc1cccc(N(C#N)Cc2nc(-c3ccccc3)oc2C)c1. The van der Waals surface area contributed by atoms with E-state index in [0.29, 0.717) is 12.4 Å². The van der Waals surface area contributed by atoms with Crippen LogP contribution >= 0.6 is 0 Å². The molecule has 4 nitrogen and oxygen atoms in total. The van der Waals surface area contributed by atoms with E-state index < -0.39 is 0 Å². The van der Waals surface area contributed by atoms with Crippen molar-refractivity contribution in [2.24, 2.45) is 0 Å². The summed E-state index contributed by atoms with van der Waals surface area (Å²) in [7, 11) is 0. The molecule has 0 saturated heterocycles. The van der Waals surface area contributed by atoms with Crippen LogP contribution < -0.4 is 4.90 Å². The van der Waals surface area contributed by atoms with E-state index in [9.17, 15) is 5.26 Å². The zero-order valence-electron chi connectivity index (χ0n) is 13.9. The van der Waals surface area contributed by atoms with Gasteiger partial charge in [-0.1, -0.05) is 37.3 Å². The Kier molecular flexibility index (Phi) is 4.62. The molecule has 0 aliphatic rings. The fourth-order valence-corrected chi connectivity index (χ4v) is 2.56. The number of anilines is 1. The van der Waals surface area contributed by atoms with Crippen molar-refractivity contribution in [2.45, 2.75) is 26.8 Å². The second kappa shape index (κ2) is 7.01. The van der Waals surface area contributed by atoms with Crippen molar-refractivity contribution >= 4 is 5.69 Å². The van der Waals surface area contributed by atoms with E-state index in [4.69, 9.17) is 4.42 Å². The molecule has 2 aromatic carbocycles. The molecule has 0 bridgehead atoms. The second-order valence-electron chi connectivity index (χ2n) is 5.60. The fraction of sp³-hybridized carbons (Fsp3) is 0.200. The van der Waals surface area contributed by atoms with Gasteiger partial charge in [-0.05, 0) is 43.2 Å². The van der Waals surface area contributed by atoms with Crippen LogP contribution in [0.4, 0.5) is 5.69 Å². The summed E-state index contributed by atoms with van der Waals surface area (Å²) in [6, 6.07) is 17.8. The first-order valence-electron chi connectivity index (χ1n) is 7.99. The molecule has 0 aliphatic heterocycles. The summed E-state index contributed by atoms with van der Waals surface area (Å²) in [5.74, 6) is 1.32. The lowest BCUT2D eigenvalue weighted by molar-refractivity contribution is 0.539. The highest BCUT2D eigenvalue weighted by Gasteiger charge is 2.15. The molecule has 24 heavy (non-hydrogen) atoms. The fourth-order valence-electron chi connectivity index (χ4n) is 2.56. The lowest BCUT2D eigenvalue weighted by Crippen LogP contribution is -2.16. The average Bonchev–Trinajstić information content (AvgIpc) is 3.01. The summed E-state index contributed by atoms with van der Waals surface area (Å²) in [6.45, 7) is 4.38. The first-order chi connectivity index (χ1) is 11.7. The number of nitriles is 1. The van der Waals surface area contributed by atoms with Crippen LogP contribution in [0.25, 0.3) is 11.5 Å². The van der Waals surface area contributed by atoms with Crippen LogP contribution in [0.15, 0.2) is 59.0 Å². The monoisotopic (exact) mass is 317 g/mol. The van der Waals surface area contributed by atoms with Crippen LogP contribution in [0.2, 0.25) is 0 Å². The molecule has 0 unspecified atom stereocenters. The third kappa shape index (κ3) is 3.31. The minimum Gasteiger partial charge on any atom is -0.441 e. The molecule has 1 heterocycles. The summed E-state index contributed by atoms with van der Waals surface area (Å²) in [5.41, 5.74) is 3.79. The van der Waals surface area contributed by atoms with Gasteiger partial charge in [0.05, 0.1) is 12.2 Å². The van der Waals surface area contributed by atoms with Crippen LogP contribution in [0.5, 0.6) is 0 Å². The largest absolute Gasteiger partial charge is 0.441 e. The van der Waals surface area contributed by atoms with Crippen molar-refractivity contribution in [2.75, 3.05) is 4.90 Å². The molecule has 0 atom stereocenters. The third-order valence-corrected chi connectivity index (χ3v) is 3.97. The minimum atomic E-state index is 0.395. The van der Waals surface area contributed by atoms with Crippen LogP contribution in [0, 0.1) is 18.4 Å². The van der Waals surface area contributed by atoms with Crippen molar-refractivity contribution in [3.8, 4) is 17.6 Å². The maximum atomic E-state index is 9.54. The molecule has 1 aromatic heterocycles. The van der Waals surface area contributed by atoms with Crippen molar-refractivity contribution < 1.29 is 4.42 Å². The highest BCUT2D eigenvalue weighted by molar-refractivity contribution is 5.55. The summed E-state index contributed by atoms with van der Waals surface area (Å²) in [6.07, 6.45) is 3.18. The molecular weight excluding hydrogens is 298 g/mol. The van der Waals surface area contributed by atoms with Crippen molar-refractivity contribution in [3.05, 3.63) is 71.6 Å². The molecule has 3 aromatic rings. The zero-order valence-corrected chi connectivity index (χ0v) is 13.9. The summed E-state index contributed by atoms with van der Waals surface area (Å²) in [4.78, 5) is 6.21. The maximum Gasteiger partial charge on any atom is 0.226 e. The Balaban J connectivity index is 1.87. The molecule has 3 rings (SSSR count). The first kappa shape index (κ1) is 15.8. The molecule has 0 aliphatic carbocycles. The zero-order chi connectivity index (χ0) is 16.9. The van der Waals surface area contributed by atoms with Gasteiger partial charge in [0.25, 0.3) is 0 Å². The Morgan fingerprint density at radius 2 is 1.92 bits per heavy atom. The first-order valence-corrected chi connectivity index (χ1v) is 7.99. The molecule has 0 saturated carbocycles. The number of hydrogen-bond acceptors (Lipinski definition) is 4. The van der Waals surface area contributed by atoms with Crippen LogP contribution in [0.3, 0.4) is 0 Å². The number of benzene rings is 2. The average molecular weight is 317 g/mol. The highest BCUT2D eigenvalue weighted by atomic mass is 16.4. The van der Waals surface area contributed by atoms with E-state index in [2.05, 4.69) is 24.2 Å². The number of aromatic nitrogens is 1. The van der Waals surface area contributed by atoms with E-state index in [1.807, 2.05) is 55.5 Å². The highest BCUT2D eigenvalue weighted by Crippen LogP contribution is 2.24. The minimum absolute atomic E-state index is 0.395. The quantitative estimate of drug-likeness (QED) is 0.505. The van der Waals surface area contributed by atoms with E-state index in [-0.39, 0.29) is 0 Å². The van der Waals surface area contributed by atoms with Gasteiger partial charge in [-0.3, -0.25) is 4.90 Å². The molecule has 4 heteroatoms. The Bertz CT molecular complexity index is 862. The molecule has 0 radical (unpaired) electrons. The van der Waals surface area contributed by atoms with Crippen molar-refractivity contribution in [1.29, 1.82) is 5.26 Å². The van der Waals surface area contributed by atoms with Gasteiger partial charge >= 0.3 is 0 Å². The third-order valence-electron chi connectivity index (χ3n) is 3.97. The van der Waals surface area contributed by atoms with Gasteiger partial charge in [0, 0.05) is 5.56 Å². The number of nitrogens with zero attached hydrogens (tertiary/aromatic N) is 3. The summed E-state index contributed by atoms with van der Waals surface area (Å²) < 4.78 is 5.78. The summed E-state index contributed by atoms with van der Waals surface area (Å²) in [5, 5.41) is 9.54. The van der Waals surface area contributed by atoms with Gasteiger partial charge in [-0.25, -0.2) is 4.98 Å². The topological polar surface area (TPSA) is 53.1 Å². The normalized spacial score (nSPS) is 10.4. The van der Waals surface area contributed by atoms with Gasteiger partial charge in [0.15, 0.2) is 6.19 Å². The predicted molar refractivity (Wildman–Crippen MR) is 94.3 cm³/mol. The van der Waals surface area contributed by atoms with Crippen LogP contribution in [-0.2, 0) is 13.0 Å². The molecule has 0 fully saturated rings. The predicted octanol–water partition coefficient (Wildman–Crippen LogP) is 4.70. The maximum absolute atomic E-state index is 9.54. The van der Waals surface area contributed by atoms with E-state index >= 15 is 0 Å². The Morgan fingerprint density at radius 3 is 2.62 bits per heavy atom.